The summed E-state index contributed by atoms with van der Waals surface area (Å²) in [6.07, 6.45) is 2.62. The lowest BCUT2D eigenvalue weighted by atomic mass is 10.1. The minimum atomic E-state index is -0.160. The smallest absolute Gasteiger partial charge is 0.241 e. The van der Waals surface area contributed by atoms with E-state index in [1.165, 1.54) is 10.9 Å². The third-order valence-electron chi connectivity index (χ3n) is 3.79. The topological polar surface area (TPSA) is 107 Å². The van der Waals surface area contributed by atoms with Crippen molar-refractivity contribution in [3.63, 3.8) is 0 Å². The van der Waals surface area contributed by atoms with Crippen LogP contribution in [0.4, 0.5) is 5.82 Å². The fourth-order valence-electron chi connectivity index (χ4n) is 2.37. The highest BCUT2D eigenvalue weighted by atomic mass is 16.2. The van der Waals surface area contributed by atoms with Gasteiger partial charge in [-0.2, -0.15) is 5.10 Å². The van der Waals surface area contributed by atoms with Gasteiger partial charge in [-0.15, -0.1) is 5.10 Å². The van der Waals surface area contributed by atoms with Crippen LogP contribution in [0.15, 0.2) is 6.20 Å². The van der Waals surface area contributed by atoms with Gasteiger partial charge in [-0.1, -0.05) is 12.1 Å². The molecule has 0 aromatic carbocycles. The predicted molar refractivity (Wildman–Crippen MR) is 88.3 cm³/mol. The summed E-state index contributed by atoms with van der Waals surface area (Å²) >= 11 is 0. The average molecular weight is 333 g/mol. The Morgan fingerprint density at radius 3 is 2.62 bits per heavy atom. The van der Waals surface area contributed by atoms with Gasteiger partial charge < -0.3 is 10.6 Å². The van der Waals surface area contributed by atoms with Crippen LogP contribution in [0, 0.1) is 13.8 Å². The van der Waals surface area contributed by atoms with Crippen LogP contribution in [0.25, 0.3) is 0 Å². The molecule has 2 heterocycles. The Kier molecular flexibility index (Phi) is 5.67. The van der Waals surface area contributed by atoms with Crippen molar-refractivity contribution in [2.24, 2.45) is 7.05 Å². The molecule has 9 nitrogen and oxygen atoms in total. The zero-order valence-electron chi connectivity index (χ0n) is 14.5. The molecule has 0 spiro atoms. The third-order valence-corrected chi connectivity index (χ3v) is 3.79. The number of rotatable bonds is 7. The maximum absolute atomic E-state index is 12.0. The first-order valence-corrected chi connectivity index (χ1v) is 7.86. The molecular formula is C15H23N7O2. The third kappa shape index (κ3) is 4.40. The molecule has 0 saturated carbocycles. The number of anilines is 1. The van der Waals surface area contributed by atoms with Gasteiger partial charge in [0.25, 0.3) is 0 Å². The molecule has 9 heteroatoms. The largest absolute Gasteiger partial charge is 0.354 e. The lowest BCUT2D eigenvalue weighted by Crippen LogP contribution is -2.29. The zero-order chi connectivity index (χ0) is 17.7. The predicted octanol–water partition coefficient (Wildman–Crippen LogP) is 0.336. The summed E-state index contributed by atoms with van der Waals surface area (Å²) in [6, 6.07) is 0. The average Bonchev–Trinajstić information content (AvgIpc) is 3.06. The summed E-state index contributed by atoms with van der Waals surface area (Å²) in [5, 5.41) is 17.4. The van der Waals surface area contributed by atoms with Crippen LogP contribution in [-0.4, -0.2) is 43.1 Å². The summed E-state index contributed by atoms with van der Waals surface area (Å²) in [6.45, 7) is 6.31. The molecule has 2 aromatic heterocycles. The van der Waals surface area contributed by atoms with Gasteiger partial charge in [-0.3, -0.25) is 14.3 Å². The molecule has 2 N–H and O–H groups in total. The summed E-state index contributed by atoms with van der Waals surface area (Å²) in [5.74, 6) is 0.0393. The lowest BCUT2D eigenvalue weighted by Gasteiger charge is -2.05. The number of hydrogen-bond donors (Lipinski definition) is 2. The van der Waals surface area contributed by atoms with Gasteiger partial charge in [0.2, 0.25) is 11.8 Å². The second-order valence-electron chi connectivity index (χ2n) is 5.58. The van der Waals surface area contributed by atoms with E-state index in [9.17, 15) is 9.59 Å². The van der Waals surface area contributed by atoms with Gasteiger partial charge in [0.05, 0.1) is 11.9 Å². The van der Waals surface area contributed by atoms with Gasteiger partial charge in [-0.05, 0) is 25.8 Å². The molecule has 2 rings (SSSR count). The molecular weight excluding hydrogens is 310 g/mol. The quantitative estimate of drug-likeness (QED) is 0.760. The monoisotopic (exact) mass is 333 g/mol. The van der Waals surface area contributed by atoms with Crippen LogP contribution in [-0.2, 0) is 29.6 Å². The van der Waals surface area contributed by atoms with Crippen molar-refractivity contribution in [2.75, 3.05) is 11.9 Å². The number of nitrogens with one attached hydrogen (secondary N) is 2. The number of carbonyl (C=O) groups is 2. The van der Waals surface area contributed by atoms with Gasteiger partial charge in [0.15, 0.2) is 5.82 Å². The Balaban J connectivity index is 1.80. The second-order valence-corrected chi connectivity index (χ2v) is 5.58. The molecule has 0 aliphatic heterocycles. The zero-order valence-corrected chi connectivity index (χ0v) is 14.5. The summed E-state index contributed by atoms with van der Waals surface area (Å²) in [5.41, 5.74) is 3.24. The normalized spacial score (nSPS) is 10.7. The number of aromatic nitrogens is 5. The van der Waals surface area contributed by atoms with Crippen molar-refractivity contribution in [3.05, 3.63) is 23.1 Å². The van der Waals surface area contributed by atoms with E-state index in [4.69, 9.17) is 0 Å². The molecule has 0 saturated heterocycles. The first-order chi connectivity index (χ1) is 11.4. The van der Waals surface area contributed by atoms with Gasteiger partial charge in [0.1, 0.15) is 6.54 Å². The molecule has 0 atom stereocenters. The molecule has 0 fully saturated rings. The van der Waals surface area contributed by atoms with E-state index >= 15 is 0 Å². The number of aryl methyl sites for hydroxylation is 2. The summed E-state index contributed by atoms with van der Waals surface area (Å²) < 4.78 is 3.23. The SMILES string of the molecule is CCC(=O)Nc1cn(CC(=O)NCCc2c(C)nn(C)c2C)nn1. The van der Waals surface area contributed by atoms with E-state index in [1.807, 2.05) is 25.6 Å². The van der Waals surface area contributed by atoms with Gasteiger partial charge in [-0.25, -0.2) is 4.68 Å². The molecule has 2 aromatic rings. The van der Waals surface area contributed by atoms with Crippen molar-refractivity contribution >= 4 is 17.6 Å². The van der Waals surface area contributed by atoms with Gasteiger partial charge >= 0.3 is 0 Å². The van der Waals surface area contributed by atoms with Crippen molar-refractivity contribution < 1.29 is 9.59 Å². The first-order valence-electron chi connectivity index (χ1n) is 7.86. The number of amides is 2. The van der Waals surface area contributed by atoms with Crippen LogP contribution in [0.5, 0.6) is 0 Å². The highest BCUT2D eigenvalue weighted by molar-refractivity contribution is 5.89. The summed E-state index contributed by atoms with van der Waals surface area (Å²) in [7, 11) is 1.91. The highest BCUT2D eigenvalue weighted by Crippen LogP contribution is 2.11. The van der Waals surface area contributed by atoms with E-state index in [1.54, 1.807) is 6.92 Å². The molecule has 0 bridgehead atoms. The Bertz CT molecular complexity index is 732. The highest BCUT2D eigenvalue weighted by Gasteiger charge is 2.11. The van der Waals surface area contributed by atoms with Crippen molar-refractivity contribution in [1.29, 1.82) is 0 Å². The van der Waals surface area contributed by atoms with Crippen molar-refractivity contribution in [1.82, 2.24) is 30.1 Å². The van der Waals surface area contributed by atoms with Crippen LogP contribution in [0.1, 0.15) is 30.3 Å². The first kappa shape index (κ1) is 17.6. The van der Waals surface area contributed by atoms with E-state index < -0.39 is 0 Å². The molecule has 0 aliphatic carbocycles. The van der Waals surface area contributed by atoms with Crippen LogP contribution < -0.4 is 10.6 Å². The Hall–Kier alpha value is -2.71. The fraction of sp³-hybridized carbons (Fsp3) is 0.533. The standard InChI is InChI=1S/C15H23N7O2/c1-5-14(23)17-13-8-22(20-18-13)9-15(24)16-7-6-12-10(2)19-21(4)11(12)3/h8H,5-7,9H2,1-4H3,(H,16,24)(H,17,23). The molecule has 24 heavy (non-hydrogen) atoms. The molecule has 0 unspecified atom stereocenters. The molecule has 130 valence electrons. The number of carbonyl (C=O) groups excluding carboxylic acids is 2. The minimum absolute atomic E-state index is 0.0556. The number of nitrogens with zero attached hydrogens (tertiary/aromatic N) is 5. The van der Waals surface area contributed by atoms with E-state index in [2.05, 4.69) is 26.0 Å². The maximum Gasteiger partial charge on any atom is 0.241 e. The minimum Gasteiger partial charge on any atom is -0.354 e. The van der Waals surface area contributed by atoms with Crippen LogP contribution in [0.3, 0.4) is 0 Å². The molecule has 0 aliphatic rings. The van der Waals surface area contributed by atoms with E-state index in [-0.39, 0.29) is 18.4 Å². The van der Waals surface area contributed by atoms with E-state index in [0.717, 1.165) is 23.4 Å². The maximum atomic E-state index is 12.0. The lowest BCUT2D eigenvalue weighted by molar-refractivity contribution is -0.121. The summed E-state index contributed by atoms with van der Waals surface area (Å²) in [4.78, 5) is 23.2. The second kappa shape index (κ2) is 7.71. The fourth-order valence-corrected chi connectivity index (χ4v) is 2.37. The van der Waals surface area contributed by atoms with Crippen LogP contribution >= 0.6 is 0 Å². The van der Waals surface area contributed by atoms with Crippen LogP contribution in [0.2, 0.25) is 0 Å². The van der Waals surface area contributed by atoms with Crippen molar-refractivity contribution in [2.45, 2.75) is 40.2 Å². The number of hydrogen-bond acceptors (Lipinski definition) is 5. The molecule has 0 radical (unpaired) electrons. The van der Waals surface area contributed by atoms with Gasteiger partial charge in [0, 0.05) is 25.7 Å². The van der Waals surface area contributed by atoms with Crippen molar-refractivity contribution in [3.8, 4) is 0 Å². The Morgan fingerprint density at radius 2 is 2.00 bits per heavy atom. The van der Waals surface area contributed by atoms with E-state index in [0.29, 0.717) is 18.8 Å². The molecule has 2 amide bonds. The Morgan fingerprint density at radius 1 is 1.25 bits per heavy atom. The Labute approximate surface area is 140 Å².